The molecule has 0 aromatic heterocycles. The molecule has 2 aromatic rings. The average molecular weight is 435 g/mol. The van der Waals surface area contributed by atoms with E-state index in [1.807, 2.05) is 19.1 Å². The van der Waals surface area contributed by atoms with E-state index in [9.17, 15) is 13.2 Å². The molecular weight excluding hydrogens is 408 g/mol. The number of anilines is 1. The maximum atomic E-state index is 12.8. The second-order valence-electron chi connectivity index (χ2n) is 6.98. The summed E-state index contributed by atoms with van der Waals surface area (Å²) in [5.41, 5.74) is 2.18. The van der Waals surface area contributed by atoms with E-state index in [4.69, 9.17) is 14.2 Å². The van der Waals surface area contributed by atoms with Gasteiger partial charge in [0.25, 0.3) is 5.91 Å². The summed E-state index contributed by atoms with van der Waals surface area (Å²) in [6, 6.07) is 10.1. The number of benzene rings is 2. The smallest absolute Gasteiger partial charge is 0.262 e. The van der Waals surface area contributed by atoms with Crippen molar-refractivity contribution in [2.45, 2.75) is 18.7 Å². The zero-order valence-corrected chi connectivity index (χ0v) is 18.1. The number of amides is 1. The molecule has 0 unspecified atom stereocenters. The van der Waals surface area contributed by atoms with Crippen LogP contribution in [0.25, 0.3) is 0 Å². The molecular formula is C21H26N2O6S. The van der Waals surface area contributed by atoms with Crippen molar-refractivity contribution < 1.29 is 27.4 Å². The monoisotopic (exact) mass is 434 g/mol. The first-order valence-electron chi connectivity index (χ1n) is 9.57. The number of carbonyl (C=O) groups is 1. The number of rotatable bonds is 7. The Labute approximate surface area is 176 Å². The van der Waals surface area contributed by atoms with Crippen LogP contribution >= 0.6 is 0 Å². The van der Waals surface area contributed by atoms with Crippen LogP contribution in [0.4, 0.5) is 5.69 Å². The number of ether oxygens (including phenoxy) is 3. The Kier molecular flexibility index (Phi) is 6.96. The lowest BCUT2D eigenvalue weighted by atomic mass is 10.2. The highest BCUT2D eigenvalue weighted by Gasteiger charge is 2.26. The lowest BCUT2D eigenvalue weighted by molar-refractivity contribution is -0.118. The van der Waals surface area contributed by atoms with Gasteiger partial charge in [-0.25, -0.2) is 8.42 Å². The van der Waals surface area contributed by atoms with Gasteiger partial charge in [0.15, 0.2) is 6.61 Å². The van der Waals surface area contributed by atoms with Gasteiger partial charge < -0.3 is 19.5 Å². The standard InChI is InChI=1S/C21H26N2O6S/c1-15-4-6-20(27-3)18(12-15)22-21(24)14-29-19-7-5-17(13-16(19)2)30(25,26)23-8-10-28-11-9-23/h4-7,12-13H,8-11,14H2,1-3H3,(H,22,24). The Bertz CT molecular complexity index is 1020. The minimum absolute atomic E-state index is 0.197. The van der Waals surface area contributed by atoms with Crippen molar-refractivity contribution in [2.75, 3.05) is 45.3 Å². The number of carbonyl (C=O) groups excluding carboxylic acids is 1. The molecule has 0 atom stereocenters. The second kappa shape index (κ2) is 9.46. The Morgan fingerprint density at radius 2 is 1.80 bits per heavy atom. The Morgan fingerprint density at radius 3 is 2.47 bits per heavy atom. The van der Waals surface area contributed by atoms with Crippen LogP contribution in [0.5, 0.6) is 11.5 Å². The zero-order chi connectivity index (χ0) is 21.7. The van der Waals surface area contributed by atoms with Crippen LogP contribution in [0, 0.1) is 13.8 Å². The van der Waals surface area contributed by atoms with Gasteiger partial charge in [-0.2, -0.15) is 4.31 Å². The molecule has 0 aliphatic carbocycles. The lowest BCUT2D eigenvalue weighted by Gasteiger charge is -2.26. The predicted octanol–water partition coefficient (Wildman–Crippen LogP) is 2.35. The number of nitrogens with zero attached hydrogens (tertiary/aromatic N) is 1. The van der Waals surface area contributed by atoms with Crippen molar-refractivity contribution in [3.8, 4) is 11.5 Å². The molecule has 9 heteroatoms. The molecule has 0 saturated carbocycles. The fourth-order valence-corrected chi connectivity index (χ4v) is 4.62. The van der Waals surface area contributed by atoms with E-state index in [-0.39, 0.29) is 17.4 Å². The third-order valence-electron chi connectivity index (χ3n) is 4.74. The summed E-state index contributed by atoms with van der Waals surface area (Å²) in [5, 5.41) is 2.77. The predicted molar refractivity (Wildman–Crippen MR) is 113 cm³/mol. The maximum Gasteiger partial charge on any atom is 0.262 e. The van der Waals surface area contributed by atoms with Gasteiger partial charge >= 0.3 is 0 Å². The highest BCUT2D eigenvalue weighted by molar-refractivity contribution is 7.89. The number of hydrogen-bond donors (Lipinski definition) is 1. The van der Waals surface area contributed by atoms with Crippen molar-refractivity contribution in [2.24, 2.45) is 0 Å². The van der Waals surface area contributed by atoms with Gasteiger partial charge in [-0.15, -0.1) is 0 Å². The SMILES string of the molecule is COc1ccc(C)cc1NC(=O)COc1ccc(S(=O)(=O)N2CCOCC2)cc1C. The van der Waals surface area contributed by atoms with Gasteiger partial charge in [0.2, 0.25) is 10.0 Å². The summed E-state index contributed by atoms with van der Waals surface area (Å²) in [5.74, 6) is 0.661. The summed E-state index contributed by atoms with van der Waals surface area (Å²) in [6.45, 7) is 4.90. The summed E-state index contributed by atoms with van der Waals surface area (Å²) in [7, 11) is -2.05. The third kappa shape index (κ3) is 5.10. The minimum atomic E-state index is -3.58. The largest absolute Gasteiger partial charge is 0.495 e. The zero-order valence-electron chi connectivity index (χ0n) is 17.3. The quantitative estimate of drug-likeness (QED) is 0.719. The number of hydrogen-bond acceptors (Lipinski definition) is 6. The van der Waals surface area contributed by atoms with Crippen molar-refractivity contribution in [3.05, 3.63) is 47.5 Å². The number of morpholine rings is 1. The van der Waals surface area contributed by atoms with Gasteiger partial charge in [-0.3, -0.25) is 4.79 Å². The first-order valence-corrected chi connectivity index (χ1v) is 11.0. The summed E-state index contributed by atoms with van der Waals surface area (Å²) < 4.78 is 43.0. The van der Waals surface area contributed by atoms with E-state index >= 15 is 0 Å². The number of sulfonamides is 1. The summed E-state index contributed by atoms with van der Waals surface area (Å²) in [4.78, 5) is 12.5. The Morgan fingerprint density at radius 1 is 1.10 bits per heavy atom. The summed E-state index contributed by atoms with van der Waals surface area (Å²) in [6.07, 6.45) is 0. The molecule has 30 heavy (non-hydrogen) atoms. The van der Waals surface area contributed by atoms with Gasteiger partial charge in [-0.1, -0.05) is 6.07 Å². The van der Waals surface area contributed by atoms with Gasteiger partial charge in [0.1, 0.15) is 11.5 Å². The van der Waals surface area contributed by atoms with Crippen molar-refractivity contribution in [3.63, 3.8) is 0 Å². The van der Waals surface area contributed by atoms with Crippen LogP contribution in [-0.2, 0) is 19.6 Å². The number of aryl methyl sites for hydroxylation is 2. The van der Waals surface area contributed by atoms with Crippen LogP contribution in [0.3, 0.4) is 0 Å². The number of nitrogens with one attached hydrogen (secondary N) is 1. The minimum Gasteiger partial charge on any atom is -0.495 e. The molecule has 1 amide bonds. The van der Waals surface area contributed by atoms with E-state index < -0.39 is 10.0 Å². The molecule has 8 nitrogen and oxygen atoms in total. The van der Waals surface area contributed by atoms with Crippen molar-refractivity contribution in [1.29, 1.82) is 0 Å². The van der Waals surface area contributed by atoms with Crippen LogP contribution in [0.1, 0.15) is 11.1 Å². The Balaban J connectivity index is 1.65. The van der Waals surface area contributed by atoms with Crippen LogP contribution in [0.15, 0.2) is 41.3 Å². The molecule has 1 fully saturated rings. The van der Waals surface area contributed by atoms with E-state index in [0.29, 0.717) is 49.1 Å². The van der Waals surface area contributed by atoms with E-state index in [2.05, 4.69) is 5.32 Å². The fourth-order valence-electron chi connectivity index (χ4n) is 3.13. The molecule has 1 N–H and O–H groups in total. The third-order valence-corrected chi connectivity index (χ3v) is 6.64. The molecule has 0 spiro atoms. The lowest BCUT2D eigenvalue weighted by Crippen LogP contribution is -2.40. The first kappa shape index (κ1) is 22.1. The fraction of sp³-hybridized carbons (Fsp3) is 0.381. The Hall–Kier alpha value is -2.62. The molecule has 0 radical (unpaired) electrons. The van der Waals surface area contributed by atoms with Gasteiger partial charge in [-0.05, 0) is 55.3 Å². The van der Waals surface area contributed by atoms with Crippen molar-refractivity contribution >= 4 is 21.6 Å². The van der Waals surface area contributed by atoms with E-state index in [1.165, 1.54) is 17.5 Å². The summed E-state index contributed by atoms with van der Waals surface area (Å²) >= 11 is 0. The molecule has 1 aliphatic rings. The topological polar surface area (TPSA) is 94.2 Å². The van der Waals surface area contributed by atoms with Crippen LogP contribution < -0.4 is 14.8 Å². The molecule has 1 aliphatic heterocycles. The highest BCUT2D eigenvalue weighted by Crippen LogP contribution is 2.26. The molecule has 2 aromatic carbocycles. The molecule has 3 rings (SSSR count). The molecule has 1 saturated heterocycles. The van der Waals surface area contributed by atoms with Crippen molar-refractivity contribution in [1.82, 2.24) is 4.31 Å². The molecule has 0 bridgehead atoms. The molecule has 162 valence electrons. The molecule has 1 heterocycles. The van der Waals surface area contributed by atoms with Crippen LogP contribution in [0.2, 0.25) is 0 Å². The second-order valence-corrected chi connectivity index (χ2v) is 8.92. The maximum absolute atomic E-state index is 12.8. The highest BCUT2D eigenvalue weighted by atomic mass is 32.2. The normalized spacial score (nSPS) is 14.9. The van der Waals surface area contributed by atoms with E-state index in [1.54, 1.807) is 25.1 Å². The number of methoxy groups -OCH3 is 1. The van der Waals surface area contributed by atoms with E-state index in [0.717, 1.165) is 5.56 Å². The van der Waals surface area contributed by atoms with Gasteiger partial charge in [0.05, 0.1) is 30.9 Å². The van der Waals surface area contributed by atoms with Gasteiger partial charge in [0, 0.05) is 13.1 Å². The first-order chi connectivity index (χ1) is 14.3. The van der Waals surface area contributed by atoms with Crippen LogP contribution in [-0.4, -0.2) is 58.7 Å². The average Bonchev–Trinajstić information content (AvgIpc) is 2.73.